The molecule has 0 atom stereocenters. The second-order valence-electron chi connectivity index (χ2n) is 6.03. The molecule has 7 nitrogen and oxygen atoms in total. The summed E-state index contributed by atoms with van der Waals surface area (Å²) in [6.45, 7) is 0. The van der Waals surface area contributed by atoms with E-state index in [1.165, 1.54) is 13.1 Å². The number of nitrogens with one attached hydrogen (secondary N) is 2. The van der Waals surface area contributed by atoms with Gasteiger partial charge in [-0.3, -0.25) is 14.5 Å². The van der Waals surface area contributed by atoms with Gasteiger partial charge in [-0.2, -0.15) is 0 Å². The number of aliphatic hydroxyl groups is 1. The molecule has 1 aliphatic heterocycles. The summed E-state index contributed by atoms with van der Waals surface area (Å²) < 4.78 is 0. The molecule has 0 bridgehead atoms. The Morgan fingerprint density at radius 1 is 1.13 bits per heavy atom. The molecular weight excluding hydrogens is 298 g/mol. The minimum absolute atomic E-state index is 0.0437. The van der Waals surface area contributed by atoms with E-state index in [4.69, 9.17) is 0 Å². The number of imide groups is 1. The fourth-order valence-corrected chi connectivity index (χ4v) is 3.01. The van der Waals surface area contributed by atoms with Gasteiger partial charge < -0.3 is 15.7 Å². The highest BCUT2D eigenvalue weighted by Crippen LogP contribution is 2.25. The number of carbonyl (C=O) groups excluding carboxylic acids is 3. The predicted molar refractivity (Wildman–Crippen MR) is 83.3 cm³/mol. The summed E-state index contributed by atoms with van der Waals surface area (Å²) in [5.74, 6) is -0.697. The molecule has 0 spiro atoms. The molecule has 122 valence electrons. The third-order valence-corrected chi connectivity index (χ3v) is 4.38. The van der Waals surface area contributed by atoms with Crippen LogP contribution in [0.4, 0.5) is 10.5 Å². The maximum absolute atomic E-state index is 12.0. The molecule has 0 unspecified atom stereocenters. The molecule has 0 radical (unpaired) electrons. The Morgan fingerprint density at radius 3 is 2.48 bits per heavy atom. The first-order valence-corrected chi connectivity index (χ1v) is 7.67. The molecule has 3 N–H and O–H groups in total. The number of urea groups is 1. The number of carbonyl (C=O) groups is 3. The Balaban J connectivity index is 1.64. The number of anilines is 1. The van der Waals surface area contributed by atoms with E-state index in [-0.39, 0.29) is 30.0 Å². The van der Waals surface area contributed by atoms with Crippen molar-refractivity contribution in [2.24, 2.45) is 0 Å². The molecule has 1 aromatic carbocycles. The second-order valence-corrected chi connectivity index (χ2v) is 6.03. The third kappa shape index (κ3) is 3.05. The van der Waals surface area contributed by atoms with Crippen LogP contribution in [-0.2, 0) is 0 Å². The summed E-state index contributed by atoms with van der Waals surface area (Å²) in [5.41, 5.74) is 1.12. The quantitative estimate of drug-likeness (QED) is 0.717. The first-order chi connectivity index (χ1) is 11.0. The number of hydrogen-bond acceptors (Lipinski definition) is 4. The first-order valence-electron chi connectivity index (χ1n) is 7.67. The molecule has 1 aliphatic carbocycles. The largest absolute Gasteiger partial charge is 0.393 e. The lowest BCUT2D eigenvalue weighted by Crippen LogP contribution is -2.40. The van der Waals surface area contributed by atoms with E-state index < -0.39 is 0 Å². The fourth-order valence-electron chi connectivity index (χ4n) is 3.01. The Hall–Kier alpha value is -2.41. The SMILES string of the molecule is CN1C(=O)c2ccc(NC(=O)NC3CCC(O)CC3)cc2C1=O. The van der Waals surface area contributed by atoms with Gasteiger partial charge in [0.05, 0.1) is 17.2 Å². The highest BCUT2D eigenvalue weighted by Gasteiger charge is 2.32. The van der Waals surface area contributed by atoms with Crippen molar-refractivity contribution in [1.29, 1.82) is 0 Å². The van der Waals surface area contributed by atoms with Crippen LogP contribution in [-0.4, -0.2) is 47.0 Å². The summed E-state index contributed by atoms with van der Waals surface area (Å²) in [6.07, 6.45) is 2.60. The lowest BCUT2D eigenvalue weighted by Gasteiger charge is -2.26. The lowest BCUT2D eigenvalue weighted by molar-refractivity contribution is 0.0693. The Bertz CT molecular complexity index is 665. The number of nitrogens with zero attached hydrogens (tertiary/aromatic N) is 1. The van der Waals surface area contributed by atoms with Crippen molar-refractivity contribution in [2.75, 3.05) is 12.4 Å². The molecule has 1 fully saturated rings. The average Bonchev–Trinajstić information content (AvgIpc) is 2.74. The van der Waals surface area contributed by atoms with Crippen LogP contribution >= 0.6 is 0 Å². The molecule has 4 amide bonds. The molecule has 0 saturated heterocycles. The number of hydrogen-bond donors (Lipinski definition) is 3. The van der Waals surface area contributed by atoms with Gasteiger partial charge in [0.15, 0.2) is 0 Å². The van der Waals surface area contributed by atoms with Crippen LogP contribution in [0.25, 0.3) is 0 Å². The fraction of sp³-hybridized carbons (Fsp3) is 0.438. The van der Waals surface area contributed by atoms with Crippen LogP contribution in [0.3, 0.4) is 0 Å². The maximum atomic E-state index is 12.0. The van der Waals surface area contributed by atoms with Gasteiger partial charge in [0.1, 0.15) is 0 Å². The second kappa shape index (κ2) is 6.00. The molecule has 0 aromatic heterocycles. The van der Waals surface area contributed by atoms with E-state index in [9.17, 15) is 19.5 Å². The number of benzene rings is 1. The van der Waals surface area contributed by atoms with Crippen molar-refractivity contribution in [1.82, 2.24) is 10.2 Å². The molecule has 2 aliphatic rings. The monoisotopic (exact) mass is 317 g/mol. The van der Waals surface area contributed by atoms with Gasteiger partial charge in [0, 0.05) is 18.8 Å². The summed E-state index contributed by atoms with van der Waals surface area (Å²) in [5, 5.41) is 15.0. The Labute approximate surface area is 133 Å². The predicted octanol–water partition coefficient (Wildman–Crippen LogP) is 1.34. The van der Waals surface area contributed by atoms with E-state index in [0.29, 0.717) is 29.7 Å². The Morgan fingerprint density at radius 2 is 1.78 bits per heavy atom. The molecule has 3 rings (SSSR count). The smallest absolute Gasteiger partial charge is 0.319 e. The minimum atomic E-state index is -0.365. The van der Waals surface area contributed by atoms with Crippen molar-refractivity contribution in [3.63, 3.8) is 0 Å². The van der Waals surface area contributed by atoms with Crippen molar-refractivity contribution in [3.8, 4) is 0 Å². The third-order valence-electron chi connectivity index (χ3n) is 4.38. The average molecular weight is 317 g/mol. The van der Waals surface area contributed by atoms with Crippen molar-refractivity contribution in [2.45, 2.75) is 37.8 Å². The summed E-state index contributed by atoms with van der Waals surface area (Å²) in [4.78, 5) is 36.8. The molecule has 23 heavy (non-hydrogen) atoms. The van der Waals surface area contributed by atoms with E-state index in [1.54, 1.807) is 12.1 Å². The number of amides is 4. The van der Waals surface area contributed by atoms with Gasteiger partial charge >= 0.3 is 6.03 Å². The van der Waals surface area contributed by atoms with Crippen LogP contribution < -0.4 is 10.6 Å². The molecule has 1 heterocycles. The molecule has 1 saturated carbocycles. The van der Waals surface area contributed by atoms with Crippen LogP contribution in [0.2, 0.25) is 0 Å². The van der Waals surface area contributed by atoms with Crippen LogP contribution in [0.1, 0.15) is 46.4 Å². The van der Waals surface area contributed by atoms with Crippen LogP contribution in [0.15, 0.2) is 18.2 Å². The molecule has 7 heteroatoms. The maximum Gasteiger partial charge on any atom is 0.319 e. The normalized spacial score (nSPS) is 23.7. The van der Waals surface area contributed by atoms with E-state index in [1.807, 2.05) is 0 Å². The van der Waals surface area contributed by atoms with Gasteiger partial charge in [0.25, 0.3) is 11.8 Å². The van der Waals surface area contributed by atoms with Crippen molar-refractivity contribution < 1.29 is 19.5 Å². The number of aliphatic hydroxyl groups excluding tert-OH is 1. The zero-order valence-electron chi connectivity index (χ0n) is 12.8. The van der Waals surface area contributed by atoms with Crippen LogP contribution in [0.5, 0.6) is 0 Å². The standard InChI is InChI=1S/C16H19N3O4/c1-19-14(21)12-7-4-10(8-13(12)15(19)22)18-16(23)17-9-2-5-11(20)6-3-9/h4,7-9,11,20H,2-3,5-6H2,1H3,(H2,17,18,23). The van der Waals surface area contributed by atoms with E-state index in [2.05, 4.69) is 10.6 Å². The van der Waals surface area contributed by atoms with E-state index in [0.717, 1.165) is 17.7 Å². The van der Waals surface area contributed by atoms with Gasteiger partial charge in [-0.1, -0.05) is 0 Å². The lowest BCUT2D eigenvalue weighted by atomic mass is 9.93. The van der Waals surface area contributed by atoms with Crippen molar-refractivity contribution >= 4 is 23.5 Å². The summed E-state index contributed by atoms with van der Waals surface area (Å²) >= 11 is 0. The summed E-state index contributed by atoms with van der Waals surface area (Å²) in [6, 6.07) is 4.36. The number of fused-ring (bicyclic) bond motifs is 1. The number of rotatable bonds is 2. The minimum Gasteiger partial charge on any atom is -0.393 e. The van der Waals surface area contributed by atoms with E-state index >= 15 is 0 Å². The van der Waals surface area contributed by atoms with Gasteiger partial charge in [-0.05, 0) is 43.9 Å². The van der Waals surface area contributed by atoms with Crippen molar-refractivity contribution in [3.05, 3.63) is 29.3 Å². The van der Waals surface area contributed by atoms with Gasteiger partial charge in [-0.25, -0.2) is 4.79 Å². The topological polar surface area (TPSA) is 98.7 Å². The van der Waals surface area contributed by atoms with Gasteiger partial charge in [-0.15, -0.1) is 0 Å². The zero-order valence-corrected chi connectivity index (χ0v) is 12.8. The highest BCUT2D eigenvalue weighted by molar-refractivity contribution is 6.21. The first kappa shape index (κ1) is 15.5. The highest BCUT2D eigenvalue weighted by atomic mass is 16.3. The zero-order chi connectivity index (χ0) is 16.6. The molecular formula is C16H19N3O4. The Kier molecular flexibility index (Phi) is 4.04. The molecule has 1 aromatic rings. The summed E-state index contributed by atoms with van der Waals surface area (Å²) in [7, 11) is 1.43. The van der Waals surface area contributed by atoms with Crippen LogP contribution in [0, 0.1) is 0 Å². The van der Waals surface area contributed by atoms with Gasteiger partial charge in [0.2, 0.25) is 0 Å².